The van der Waals surface area contributed by atoms with Gasteiger partial charge in [0.25, 0.3) is 0 Å². The average Bonchev–Trinajstić information content (AvgIpc) is 2.38. The van der Waals surface area contributed by atoms with E-state index in [0.29, 0.717) is 6.04 Å². The van der Waals surface area contributed by atoms with Crippen LogP contribution in [0.15, 0.2) is 12.1 Å². The number of hydrogen-bond acceptors (Lipinski definition) is 4. The zero-order chi connectivity index (χ0) is 13.1. The molecule has 0 bridgehead atoms. The normalized spacial score (nSPS) is 20.5. The van der Waals surface area contributed by atoms with Crippen molar-refractivity contribution in [3.63, 3.8) is 0 Å². The molecule has 2 rings (SSSR count). The Morgan fingerprint density at radius 1 is 1.44 bits per heavy atom. The summed E-state index contributed by atoms with van der Waals surface area (Å²) >= 11 is 0. The first-order valence-corrected chi connectivity index (χ1v) is 6.60. The zero-order valence-electron chi connectivity index (χ0n) is 11.6. The first-order valence-electron chi connectivity index (χ1n) is 6.60. The van der Waals surface area contributed by atoms with Crippen LogP contribution in [0.3, 0.4) is 0 Å². The molecule has 0 aromatic carbocycles. The minimum atomic E-state index is 0.0689. The number of nitrogens with zero attached hydrogens (tertiary/aromatic N) is 3. The van der Waals surface area contributed by atoms with Gasteiger partial charge in [0.2, 0.25) is 0 Å². The molecule has 0 aliphatic carbocycles. The van der Waals surface area contributed by atoms with Gasteiger partial charge in [0, 0.05) is 24.8 Å². The van der Waals surface area contributed by atoms with Crippen molar-refractivity contribution in [2.75, 3.05) is 32.1 Å². The molecular formula is C14H23N3O. The van der Waals surface area contributed by atoms with Gasteiger partial charge in [-0.1, -0.05) is 6.07 Å². The number of likely N-dealkylation sites (N-methyl/N-ethyl adjacent to an activating group) is 1. The maximum atomic E-state index is 9.17. The summed E-state index contributed by atoms with van der Waals surface area (Å²) < 4.78 is 0. The highest BCUT2D eigenvalue weighted by Crippen LogP contribution is 2.21. The molecule has 100 valence electrons. The Balaban J connectivity index is 2.13. The second-order valence-corrected chi connectivity index (χ2v) is 5.28. The first-order chi connectivity index (χ1) is 8.61. The van der Waals surface area contributed by atoms with Gasteiger partial charge in [-0.25, -0.2) is 4.98 Å². The molecule has 0 spiro atoms. The quantitative estimate of drug-likeness (QED) is 0.879. The third-order valence-corrected chi connectivity index (χ3v) is 3.80. The van der Waals surface area contributed by atoms with E-state index < -0.39 is 0 Å². The predicted molar refractivity (Wildman–Crippen MR) is 73.8 cm³/mol. The first kappa shape index (κ1) is 13.3. The highest BCUT2D eigenvalue weighted by molar-refractivity contribution is 5.42. The van der Waals surface area contributed by atoms with E-state index in [1.54, 1.807) is 0 Å². The Kier molecular flexibility index (Phi) is 4.19. The van der Waals surface area contributed by atoms with Crippen molar-refractivity contribution in [1.82, 2.24) is 9.88 Å². The fourth-order valence-electron chi connectivity index (χ4n) is 2.50. The maximum absolute atomic E-state index is 9.17. The van der Waals surface area contributed by atoms with Gasteiger partial charge < -0.3 is 14.9 Å². The summed E-state index contributed by atoms with van der Waals surface area (Å²) in [6.45, 7) is 4.15. The number of hydrogen-bond donors (Lipinski definition) is 1. The SMILES string of the molecule is Cc1nc(N2CCCC(N(C)C)C2)ccc1CO. The van der Waals surface area contributed by atoms with Crippen LogP contribution in [0.5, 0.6) is 0 Å². The van der Waals surface area contributed by atoms with Crippen LogP contribution < -0.4 is 4.90 Å². The molecule has 18 heavy (non-hydrogen) atoms. The van der Waals surface area contributed by atoms with Gasteiger partial charge in [0.15, 0.2) is 0 Å². The van der Waals surface area contributed by atoms with E-state index >= 15 is 0 Å². The summed E-state index contributed by atoms with van der Waals surface area (Å²) in [5.74, 6) is 1.04. The van der Waals surface area contributed by atoms with Gasteiger partial charge in [-0.05, 0) is 45.5 Å². The fraction of sp³-hybridized carbons (Fsp3) is 0.643. The summed E-state index contributed by atoms with van der Waals surface area (Å²) in [6.07, 6.45) is 2.47. The van der Waals surface area contributed by atoms with Gasteiger partial charge in [0.1, 0.15) is 5.82 Å². The summed E-state index contributed by atoms with van der Waals surface area (Å²) in [7, 11) is 4.28. The zero-order valence-corrected chi connectivity index (χ0v) is 11.6. The van der Waals surface area contributed by atoms with Crippen LogP contribution >= 0.6 is 0 Å². The average molecular weight is 249 g/mol. The Morgan fingerprint density at radius 2 is 2.22 bits per heavy atom. The lowest BCUT2D eigenvalue weighted by molar-refractivity contribution is 0.257. The minimum absolute atomic E-state index is 0.0689. The number of pyridine rings is 1. The molecule has 1 aromatic rings. The number of aliphatic hydroxyl groups excluding tert-OH is 1. The molecule has 1 aliphatic rings. The van der Waals surface area contributed by atoms with E-state index in [9.17, 15) is 5.11 Å². The third-order valence-electron chi connectivity index (χ3n) is 3.80. The lowest BCUT2D eigenvalue weighted by Gasteiger charge is -2.37. The second-order valence-electron chi connectivity index (χ2n) is 5.28. The summed E-state index contributed by atoms with van der Waals surface area (Å²) in [4.78, 5) is 9.25. The van der Waals surface area contributed by atoms with Gasteiger partial charge in [-0.2, -0.15) is 0 Å². The molecule has 0 saturated carbocycles. The smallest absolute Gasteiger partial charge is 0.128 e. The van der Waals surface area contributed by atoms with Crippen LogP contribution in [0.4, 0.5) is 5.82 Å². The van der Waals surface area contributed by atoms with E-state index in [-0.39, 0.29) is 6.61 Å². The molecule has 1 aliphatic heterocycles. The molecule has 1 unspecified atom stereocenters. The molecule has 1 saturated heterocycles. The highest BCUT2D eigenvalue weighted by atomic mass is 16.3. The van der Waals surface area contributed by atoms with Crippen molar-refractivity contribution in [3.8, 4) is 0 Å². The predicted octanol–water partition coefficient (Wildman–Crippen LogP) is 1.41. The monoisotopic (exact) mass is 249 g/mol. The largest absolute Gasteiger partial charge is 0.392 e. The number of aliphatic hydroxyl groups is 1. The van der Waals surface area contributed by atoms with Crippen molar-refractivity contribution >= 4 is 5.82 Å². The molecule has 1 N–H and O–H groups in total. The van der Waals surface area contributed by atoms with Gasteiger partial charge >= 0.3 is 0 Å². The van der Waals surface area contributed by atoms with Crippen LogP contribution in [0.2, 0.25) is 0 Å². The molecule has 0 radical (unpaired) electrons. The molecule has 4 nitrogen and oxygen atoms in total. The van der Waals surface area contributed by atoms with Crippen molar-refractivity contribution in [1.29, 1.82) is 0 Å². The number of rotatable bonds is 3. The van der Waals surface area contributed by atoms with E-state index in [4.69, 9.17) is 0 Å². The van der Waals surface area contributed by atoms with Crippen LogP contribution in [-0.2, 0) is 6.61 Å². The Bertz CT molecular complexity index is 406. The second kappa shape index (κ2) is 5.67. The minimum Gasteiger partial charge on any atom is -0.392 e. The maximum Gasteiger partial charge on any atom is 0.128 e. The summed E-state index contributed by atoms with van der Waals surface area (Å²) in [6, 6.07) is 4.62. The van der Waals surface area contributed by atoms with E-state index in [0.717, 1.165) is 30.2 Å². The molecule has 0 amide bonds. The Hall–Kier alpha value is -1.13. The van der Waals surface area contributed by atoms with Gasteiger partial charge in [0.05, 0.1) is 6.61 Å². The van der Waals surface area contributed by atoms with Crippen molar-refractivity contribution < 1.29 is 5.11 Å². The van der Waals surface area contributed by atoms with Crippen LogP contribution in [-0.4, -0.2) is 48.2 Å². The number of aryl methyl sites for hydroxylation is 1. The number of anilines is 1. The van der Waals surface area contributed by atoms with Gasteiger partial charge in [-0.3, -0.25) is 0 Å². The van der Waals surface area contributed by atoms with E-state index in [1.165, 1.54) is 12.8 Å². The summed E-state index contributed by atoms with van der Waals surface area (Å²) in [5.41, 5.74) is 1.85. The van der Waals surface area contributed by atoms with Gasteiger partial charge in [-0.15, -0.1) is 0 Å². The molecule has 4 heteroatoms. The Morgan fingerprint density at radius 3 is 2.83 bits per heavy atom. The standard InChI is InChI=1S/C14H23N3O/c1-11-12(10-18)6-7-14(15-11)17-8-4-5-13(9-17)16(2)3/h6-7,13,18H,4-5,8-10H2,1-3H3. The Labute approximate surface area is 109 Å². The van der Waals surface area contributed by atoms with Crippen LogP contribution in [0.25, 0.3) is 0 Å². The molecule has 1 aromatic heterocycles. The van der Waals surface area contributed by atoms with Crippen LogP contribution in [0, 0.1) is 6.92 Å². The highest BCUT2D eigenvalue weighted by Gasteiger charge is 2.22. The van der Waals surface area contributed by atoms with Crippen molar-refractivity contribution in [2.24, 2.45) is 0 Å². The topological polar surface area (TPSA) is 39.6 Å². The van der Waals surface area contributed by atoms with E-state index in [2.05, 4.69) is 28.9 Å². The molecule has 1 fully saturated rings. The number of piperidine rings is 1. The molecule has 1 atom stereocenters. The molecule has 2 heterocycles. The van der Waals surface area contributed by atoms with Crippen molar-refractivity contribution in [3.05, 3.63) is 23.4 Å². The van der Waals surface area contributed by atoms with E-state index in [1.807, 2.05) is 19.1 Å². The summed E-state index contributed by atoms with van der Waals surface area (Å²) in [5, 5.41) is 9.17. The third kappa shape index (κ3) is 2.82. The molecular weight excluding hydrogens is 226 g/mol. The fourth-order valence-corrected chi connectivity index (χ4v) is 2.50. The lowest BCUT2D eigenvalue weighted by atomic mass is 10.0. The van der Waals surface area contributed by atoms with Crippen LogP contribution in [0.1, 0.15) is 24.1 Å². The number of aromatic nitrogens is 1. The van der Waals surface area contributed by atoms with Crippen molar-refractivity contribution in [2.45, 2.75) is 32.4 Å². The lowest BCUT2D eigenvalue weighted by Crippen LogP contribution is -2.45.